The molecule has 0 aromatic heterocycles. The average molecular weight is 254 g/mol. The summed E-state index contributed by atoms with van der Waals surface area (Å²) in [7, 11) is 0. The van der Waals surface area contributed by atoms with E-state index in [0.29, 0.717) is 17.5 Å². The minimum Gasteiger partial charge on any atom is -0.388 e. The summed E-state index contributed by atoms with van der Waals surface area (Å²) in [5.41, 5.74) is 0.109. The van der Waals surface area contributed by atoms with Gasteiger partial charge in [0.2, 0.25) is 0 Å². The van der Waals surface area contributed by atoms with Gasteiger partial charge in [-0.15, -0.1) is 0 Å². The molecule has 2 fully saturated rings. The summed E-state index contributed by atoms with van der Waals surface area (Å²) in [5, 5.41) is 9.75. The lowest BCUT2D eigenvalue weighted by Gasteiger charge is -2.50. The van der Waals surface area contributed by atoms with Gasteiger partial charge in [0, 0.05) is 38.3 Å². The molecule has 1 N–H and O–H groups in total. The van der Waals surface area contributed by atoms with Gasteiger partial charge in [-0.2, -0.15) is 0 Å². The van der Waals surface area contributed by atoms with Gasteiger partial charge in [-0.05, 0) is 39.0 Å². The normalized spacial score (nSPS) is 30.3. The molecule has 2 atom stereocenters. The summed E-state index contributed by atoms with van der Waals surface area (Å²) in [6.45, 7) is 15.5. The molecule has 0 aromatic carbocycles. The number of nitrogens with zero attached hydrogens (tertiary/aromatic N) is 2. The van der Waals surface area contributed by atoms with Crippen LogP contribution in [-0.4, -0.2) is 58.8 Å². The van der Waals surface area contributed by atoms with Crippen molar-refractivity contribution in [2.24, 2.45) is 5.41 Å². The van der Waals surface area contributed by atoms with Crippen molar-refractivity contribution in [3.63, 3.8) is 0 Å². The Balaban J connectivity index is 1.63. The second-order valence-corrected chi connectivity index (χ2v) is 7.75. The summed E-state index contributed by atoms with van der Waals surface area (Å²) in [6, 6.07) is 1.32. The zero-order valence-corrected chi connectivity index (χ0v) is 12.7. The molecule has 0 radical (unpaired) electrons. The molecule has 3 nitrogen and oxygen atoms in total. The smallest absolute Gasteiger partial charge is 0.0872 e. The maximum Gasteiger partial charge on any atom is 0.0872 e. The molecule has 18 heavy (non-hydrogen) atoms. The first-order chi connectivity index (χ1) is 8.19. The largest absolute Gasteiger partial charge is 0.388 e. The van der Waals surface area contributed by atoms with Crippen molar-refractivity contribution in [3.8, 4) is 0 Å². The van der Waals surface area contributed by atoms with Crippen molar-refractivity contribution < 1.29 is 5.11 Å². The van der Waals surface area contributed by atoms with Gasteiger partial charge in [0.15, 0.2) is 0 Å². The van der Waals surface area contributed by atoms with Crippen LogP contribution in [0.1, 0.15) is 47.5 Å². The van der Waals surface area contributed by atoms with Crippen LogP contribution in [-0.2, 0) is 0 Å². The van der Waals surface area contributed by atoms with Crippen LogP contribution in [0.2, 0.25) is 0 Å². The Morgan fingerprint density at radius 1 is 0.889 bits per heavy atom. The van der Waals surface area contributed by atoms with E-state index < -0.39 is 5.60 Å². The van der Waals surface area contributed by atoms with Crippen molar-refractivity contribution in [1.82, 2.24) is 9.80 Å². The predicted molar refractivity (Wildman–Crippen MR) is 75.7 cm³/mol. The molecule has 2 aliphatic rings. The summed E-state index contributed by atoms with van der Waals surface area (Å²) in [5.74, 6) is 0. The van der Waals surface area contributed by atoms with Gasteiger partial charge in [0.1, 0.15) is 0 Å². The second-order valence-electron chi connectivity index (χ2n) is 7.75. The van der Waals surface area contributed by atoms with E-state index in [2.05, 4.69) is 37.5 Å². The number of likely N-dealkylation sites (tertiary alicyclic amines) is 2. The molecule has 0 spiro atoms. The SMILES string of the molecule is CC(CCC(C)N1CC(C)(O)C1)N1CC(C)(C)C1. The lowest BCUT2D eigenvalue weighted by Crippen LogP contribution is -2.62. The van der Waals surface area contributed by atoms with Gasteiger partial charge in [-0.3, -0.25) is 9.80 Å². The van der Waals surface area contributed by atoms with Crippen molar-refractivity contribution >= 4 is 0 Å². The van der Waals surface area contributed by atoms with Crippen LogP contribution < -0.4 is 0 Å². The van der Waals surface area contributed by atoms with E-state index >= 15 is 0 Å². The first-order valence-electron chi connectivity index (χ1n) is 7.39. The quantitative estimate of drug-likeness (QED) is 0.812. The summed E-state index contributed by atoms with van der Waals surface area (Å²) in [6.07, 6.45) is 2.52. The van der Waals surface area contributed by atoms with Crippen molar-refractivity contribution in [2.45, 2.75) is 65.1 Å². The molecule has 0 saturated carbocycles. The second kappa shape index (κ2) is 4.77. The van der Waals surface area contributed by atoms with E-state index in [-0.39, 0.29) is 0 Å². The minimum atomic E-state index is -0.429. The number of aliphatic hydroxyl groups is 1. The zero-order chi connectivity index (χ0) is 13.6. The van der Waals surface area contributed by atoms with Crippen molar-refractivity contribution in [1.29, 1.82) is 0 Å². The highest BCUT2D eigenvalue weighted by atomic mass is 16.3. The van der Waals surface area contributed by atoms with Gasteiger partial charge in [-0.1, -0.05) is 13.8 Å². The number of β-amino-alcohol motifs (C(OH)–C–C–N with tert-alkyl or cyclic N) is 1. The fourth-order valence-electron chi connectivity index (χ4n) is 3.35. The molecule has 0 bridgehead atoms. The van der Waals surface area contributed by atoms with Gasteiger partial charge >= 0.3 is 0 Å². The Bertz CT molecular complexity index is 255. The summed E-state index contributed by atoms with van der Waals surface area (Å²) >= 11 is 0. The molecule has 2 heterocycles. The fraction of sp³-hybridized carbons (Fsp3) is 1.00. The molecular weight excluding hydrogens is 224 g/mol. The standard InChI is InChI=1S/C15H30N2O/c1-12(16-8-14(3,4)9-16)6-7-13(2)17-10-15(5,18)11-17/h12-13,18H,6-11H2,1-5H3. The van der Waals surface area contributed by atoms with Crippen LogP contribution >= 0.6 is 0 Å². The Morgan fingerprint density at radius 3 is 1.61 bits per heavy atom. The molecule has 0 aromatic rings. The van der Waals surface area contributed by atoms with Gasteiger partial charge in [0.25, 0.3) is 0 Å². The number of rotatable bonds is 5. The van der Waals surface area contributed by atoms with Gasteiger partial charge in [0.05, 0.1) is 5.60 Å². The minimum absolute atomic E-state index is 0.429. The molecule has 2 saturated heterocycles. The maximum absolute atomic E-state index is 9.75. The van der Waals surface area contributed by atoms with Crippen LogP contribution in [0.4, 0.5) is 0 Å². The van der Waals surface area contributed by atoms with Gasteiger partial charge in [-0.25, -0.2) is 0 Å². The topological polar surface area (TPSA) is 26.7 Å². The predicted octanol–water partition coefficient (Wildman–Crippen LogP) is 1.95. The molecule has 3 heteroatoms. The highest BCUT2D eigenvalue weighted by Crippen LogP contribution is 2.32. The molecule has 2 rings (SSSR count). The van der Waals surface area contributed by atoms with Crippen LogP contribution in [0.5, 0.6) is 0 Å². The van der Waals surface area contributed by atoms with E-state index in [4.69, 9.17) is 0 Å². The zero-order valence-electron chi connectivity index (χ0n) is 12.7. The molecule has 2 aliphatic heterocycles. The van der Waals surface area contributed by atoms with E-state index in [1.54, 1.807) is 0 Å². The lowest BCUT2D eigenvalue weighted by atomic mass is 9.82. The molecule has 0 amide bonds. The van der Waals surface area contributed by atoms with Crippen LogP contribution in [0, 0.1) is 5.41 Å². The summed E-state index contributed by atoms with van der Waals surface area (Å²) < 4.78 is 0. The third-order valence-electron chi connectivity index (χ3n) is 4.60. The van der Waals surface area contributed by atoms with Crippen molar-refractivity contribution in [3.05, 3.63) is 0 Å². The Labute approximate surface area is 112 Å². The van der Waals surface area contributed by atoms with E-state index in [1.165, 1.54) is 25.9 Å². The fourth-order valence-corrected chi connectivity index (χ4v) is 3.35. The Morgan fingerprint density at radius 2 is 1.28 bits per heavy atom. The highest BCUT2D eigenvalue weighted by Gasteiger charge is 2.39. The Kier molecular flexibility index (Phi) is 3.79. The van der Waals surface area contributed by atoms with E-state index in [0.717, 1.165) is 13.1 Å². The maximum atomic E-state index is 9.75. The monoisotopic (exact) mass is 254 g/mol. The van der Waals surface area contributed by atoms with Crippen LogP contribution in [0.3, 0.4) is 0 Å². The average Bonchev–Trinajstić information content (AvgIpc) is 2.18. The van der Waals surface area contributed by atoms with Crippen LogP contribution in [0.15, 0.2) is 0 Å². The lowest BCUT2D eigenvalue weighted by molar-refractivity contribution is -0.102. The first-order valence-corrected chi connectivity index (χ1v) is 7.39. The molecule has 2 unspecified atom stereocenters. The van der Waals surface area contributed by atoms with Crippen molar-refractivity contribution in [2.75, 3.05) is 26.2 Å². The number of hydrogen-bond acceptors (Lipinski definition) is 3. The van der Waals surface area contributed by atoms with E-state index in [1.807, 2.05) is 6.92 Å². The Hall–Kier alpha value is -0.120. The third-order valence-corrected chi connectivity index (χ3v) is 4.60. The van der Waals surface area contributed by atoms with Crippen LogP contribution in [0.25, 0.3) is 0 Å². The van der Waals surface area contributed by atoms with Gasteiger partial charge < -0.3 is 5.11 Å². The first kappa shape index (κ1) is 14.3. The third kappa shape index (κ3) is 3.25. The summed E-state index contributed by atoms with van der Waals surface area (Å²) in [4.78, 5) is 4.99. The number of hydrogen-bond donors (Lipinski definition) is 1. The molecule has 106 valence electrons. The molecular formula is C15H30N2O. The molecule has 0 aliphatic carbocycles. The highest BCUT2D eigenvalue weighted by molar-refractivity contribution is 4.94. The van der Waals surface area contributed by atoms with E-state index in [9.17, 15) is 5.11 Å².